The van der Waals surface area contributed by atoms with Gasteiger partial charge in [-0.3, -0.25) is 4.90 Å². The molecule has 4 rings (SSSR count). The molecule has 2 aromatic rings. The Labute approximate surface area is 157 Å². The number of imidazole rings is 1. The molecule has 7 nitrogen and oxygen atoms in total. The number of piperidine rings is 1. The summed E-state index contributed by atoms with van der Waals surface area (Å²) in [4.78, 5) is 24.0. The van der Waals surface area contributed by atoms with Crippen molar-refractivity contribution in [1.29, 1.82) is 0 Å². The van der Waals surface area contributed by atoms with E-state index in [2.05, 4.69) is 20.2 Å². The minimum atomic E-state index is -0.319. The fourth-order valence-corrected chi connectivity index (χ4v) is 3.79. The Hall–Kier alpha value is -2.45. The third-order valence-electron chi connectivity index (χ3n) is 5.35. The summed E-state index contributed by atoms with van der Waals surface area (Å²) in [5.74, 6) is -0.319. The molecule has 0 unspecified atom stereocenters. The van der Waals surface area contributed by atoms with Crippen molar-refractivity contribution in [3.63, 3.8) is 0 Å². The van der Waals surface area contributed by atoms with Crippen LogP contribution in [0.2, 0.25) is 0 Å². The lowest BCUT2D eigenvalue weighted by Crippen LogP contribution is -2.58. The quantitative estimate of drug-likeness (QED) is 0.867. The summed E-state index contributed by atoms with van der Waals surface area (Å²) in [5.41, 5.74) is 1.43. The number of aromatic nitrogens is 2. The van der Waals surface area contributed by atoms with Crippen LogP contribution in [-0.4, -0.2) is 64.2 Å². The van der Waals surface area contributed by atoms with Crippen LogP contribution >= 0.6 is 0 Å². The summed E-state index contributed by atoms with van der Waals surface area (Å²) >= 11 is 0. The average Bonchev–Trinajstić information content (AvgIpc) is 3.19. The van der Waals surface area contributed by atoms with E-state index in [1.807, 2.05) is 6.20 Å². The summed E-state index contributed by atoms with van der Waals surface area (Å²) < 4.78 is 19.1. The fraction of sp³-hybridized carbons (Fsp3) is 0.474. The van der Waals surface area contributed by atoms with Crippen LogP contribution in [0.1, 0.15) is 18.5 Å². The van der Waals surface area contributed by atoms with E-state index in [1.165, 1.54) is 12.1 Å². The number of rotatable bonds is 3. The number of amides is 2. The van der Waals surface area contributed by atoms with Crippen molar-refractivity contribution in [1.82, 2.24) is 19.8 Å². The molecule has 2 saturated heterocycles. The molecule has 1 aromatic heterocycles. The Bertz CT molecular complexity index is 757. The minimum Gasteiger partial charge on any atom is -0.371 e. The SMILES string of the molecule is O=C(Nc1ccc(F)cc1)N1CCOC2(CCN(Cc3cnc[nH]3)CC2)C1. The van der Waals surface area contributed by atoms with Gasteiger partial charge in [0.15, 0.2) is 0 Å². The number of H-pyrrole nitrogens is 1. The van der Waals surface area contributed by atoms with Crippen LogP contribution in [-0.2, 0) is 11.3 Å². The number of aromatic amines is 1. The highest BCUT2D eigenvalue weighted by molar-refractivity contribution is 5.89. The van der Waals surface area contributed by atoms with Gasteiger partial charge in [-0.25, -0.2) is 14.2 Å². The molecule has 2 fully saturated rings. The Balaban J connectivity index is 1.32. The van der Waals surface area contributed by atoms with Crippen molar-refractivity contribution in [2.75, 3.05) is 38.1 Å². The number of nitrogens with one attached hydrogen (secondary N) is 2. The van der Waals surface area contributed by atoms with E-state index in [0.717, 1.165) is 38.2 Å². The van der Waals surface area contributed by atoms with Crippen LogP contribution < -0.4 is 5.32 Å². The molecule has 2 amide bonds. The van der Waals surface area contributed by atoms with Gasteiger partial charge in [0.05, 0.1) is 25.1 Å². The highest BCUT2D eigenvalue weighted by atomic mass is 19.1. The molecule has 2 aliphatic heterocycles. The molecule has 1 aromatic carbocycles. The third kappa shape index (κ3) is 4.28. The van der Waals surface area contributed by atoms with Crippen molar-refractivity contribution in [3.8, 4) is 0 Å². The van der Waals surface area contributed by atoms with Gasteiger partial charge in [0.2, 0.25) is 0 Å². The summed E-state index contributed by atoms with van der Waals surface area (Å²) in [7, 11) is 0. The molecule has 2 aliphatic rings. The highest BCUT2D eigenvalue weighted by Crippen LogP contribution is 2.31. The second-order valence-electron chi connectivity index (χ2n) is 7.24. The van der Waals surface area contributed by atoms with Crippen molar-refractivity contribution in [2.45, 2.75) is 25.0 Å². The van der Waals surface area contributed by atoms with E-state index in [0.29, 0.717) is 25.4 Å². The monoisotopic (exact) mass is 373 g/mol. The molecule has 0 radical (unpaired) electrons. The van der Waals surface area contributed by atoms with Crippen molar-refractivity contribution >= 4 is 11.7 Å². The van der Waals surface area contributed by atoms with Crippen molar-refractivity contribution < 1.29 is 13.9 Å². The molecule has 1 spiro atoms. The van der Waals surface area contributed by atoms with Gasteiger partial charge < -0.3 is 19.9 Å². The second-order valence-corrected chi connectivity index (χ2v) is 7.24. The molecule has 0 saturated carbocycles. The van der Waals surface area contributed by atoms with Crippen LogP contribution in [0.4, 0.5) is 14.9 Å². The van der Waals surface area contributed by atoms with Gasteiger partial charge in [-0.15, -0.1) is 0 Å². The first-order valence-electron chi connectivity index (χ1n) is 9.27. The summed E-state index contributed by atoms with van der Waals surface area (Å²) in [5, 5.41) is 2.84. The zero-order chi connectivity index (χ0) is 18.7. The molecule has 2 N–H and O–H groups in total. The number of benzene rings is 1. The fourth-order valence-electron chi connectivity index (χ4n) is 3.79. The molecule has 0 bridgehead atoms. The van der Waals surface area contributed by atoms with Crippen molar-refractivity contribution in [2.24, 2.45) is 0 Å². The zero-order valence-corrected chi connectivity index (χ0v) is 15.2. The van der Waals surface area contributed by atoms with Gasteiger partial charge in [0, 0.05) is 43.8 Å². The Morgan fingerprint density at radius 3 is 2.74 bits per heavy atom. The topological polar surface area (TPSA) is 73.5 Å². The minimum absolute atomic E-state index is 0.163. The van der Waals surface area contributed by atoms with Crippen LogP contribution in [0.15, 0.2) is 36.8 Å². The maximum absolute atomic E-state index is 13.0. The van der Waals surface area contributed by atoms with Gasteiger partial charge in [0.1, 0.15) is 5.82 Å². The van der Waals surface area contributed by atoms with Gasteiger partial charge in [-0.1, -0.05) is 0 Å². The normalized spacial score (nSPS) is 20.0. The summed E-state index contributed by atoms with van der Waals surface area (Å²) in [6.45, 7) is 4.38. The molecular formula is C19H24FN5O2. The summed E-state index contributed by atoms with van der Waals surface area (Å²) in [6.07, 6.45) is 5.33. The molecule has 144 valence electrons. The largest absolute Gasteiger partial charge is 0.371 e. The van der Waals surface area contributed by atoms with Crippen LogP contribution in [0.3, 0.4) is 0 Å². The van der Waals surface area contributed by atoms with E-state index in [1.54, 1.807) is 23.4 Å². The number of hydrogen-bond donors (Lipinski definition) is 2. The first-order chi connectivity index (χ1) is 13.1. The standard InChI is InChI=1S/C19H24FN5O2/c20-15-1-3-16(4-2-15)23-18(26)25-9-10-27-19(13-25)5-7-24(8-6-19)12-17-11-21-14-22-17/h1-4,11,14H,5-10,12-13H2,(H,21,22)(H,23,26). The van der Waals surface area contributed by atoms with E-state index in [-0.39, 0.29) is 17.4 Å². The highest BCUT2D eigenvalue weighted by Gasteiger charge is 2.41. The molecule has 27 heavy (non-hydrogen) atoms. The molecule has 8 heteroatoms. The predicted molar refractivity (Wildman–Crippen MR) is 98.8 cm³/mol. The van der Waals surface area contributed by atoms with Gasteiger partial charge in [-0.2, -0.15) is 0 Å². The maximum atomic E-state index is 13.0. The molecule has 0 atom stereocenters. The second kappa shape index (κ2) is 7.66. The number of anilines is 1. The van der Waals surface area contributed by atoms with Gasteiger partial charge >= 0.3 is 6.03 Å². The van der Waals surface area contributed by atoms with E-state index in [4.69, 9.17) is 4.74 Å². The Kier molecular flexibility index (Phi) is 5.09. The van der Waals surface area contributed by atoms with Crippen LogP contribution in [0.5, 0.6) is 0 Å². The predicted octanol–water partition coefficient (Wildman–Crippen LogP) is 2.45. The lowest BCUT2D eigenvalue weighted by molar-refractivity contribution is -0.125. The van der Waals surface area contributed by atoms with E-state index < -0.39 is 0 Å². The first kappa shape index (κ1) is 17.9. The number of halogens is 1. The maximum Gasteiger partial charge on any atom is 0.322 e. The van der Waals surface area contributed by atoms with E-state index >= 15 is 0 Å². The van der Waals surface area contributed by atoms with Crippen LogP contribution in [0, 0.1) is 5.82 Å². The van der Waals surface area contributed by atoms with Crippen molar-refractivity contribution in [3.05, 3.63) is 48.3 Å². The number of ether oxygens (including phenoxy) is 1. The summed E-state index contributed by atoms with van der Waals surface area (Å²) in [6, 6.07) is 5.65. The molecular weight excluding hydrogens is 349 g/mol. The van der Waals surface area contributed by atoms with Gasteiger partial charge in [0.25, 0.3) is 0 Å². The zero-order valence-electron chi connectivity index (χ0n) is 15.2. The lowest BCUT2D eigenvalue weighted by atomic mass is 9.89. The third-order valence-corrected chi connectivity index (χ3v) is 5.35. The first-order valence-corrected chi connectivity index (χ1v) is 9.27. The number of likely N-dealkylation sites (tertiary alicyclic amines) is 1. The van der Waals surface area contributed by atoms with Crippen LogP contribution in [0.25, 0.3) is 0 Å². The number of hydrogen-bond acceptors (Lipinski definition) is 4. The Morgan fingerprint density at radius 1 is 1.26 bits per heavy atom. The lowest BCUT2D eigenvalue weighted by Gasteiger charge is -2.47. The number of carbonyl (C=O) groups excluding carboxylic acids is 1. The number of morpholine rings is 1. The van der Waals surface area contributed by atoms with E-state index in [9.17, 15) is 9.18 Å². The Morgan fingerprint density at radius 2 is 2.04 bits per heavy atom. The smallest absolute Gasteiger partial charge is 0.322 e. The molecule has 3 heterocycles. The number of urea groups is 1. The molecule has 0 aliphatic carbocycles. The average molecular weight is 373 g/mol. The van der Waals surface area contributed by atoms with Gasteiger partial charge in [-0.05, 0) is 37.1 Å². The number of carbonyl (C=O) groups is 1. The number of nitrogens with zero attached hydrogens (tertiary/aromatic N) is 3.